The Morgan fingerprint density at radius 3 is 2.79 bits per heavy atom. The van der Waals surface area contributed by atoms with Crippen LogP contribution in [0.15, 0.2) is 30.0 Å². The Balaban J connectivity index is 0.00000136. The third-order valence-electron chi connectivity index (χ3n) is 4.34. The van der Waals surface area contributed by atoms with Crippen molar-refractivity contribution < 1.29 is 19.4 Å². The molecule has 0 fully saturated rings. The van der Waals surface area contributed by atoms with Gasteiger partial charge in [0.25, 0.3) is 0 Å². The van der Waals surface area contributed by atoms with E-state index in [4.69, 9.17) is 21.1 Å². The monoisotopic (exact) mass is 406 g/mol. The van der Waals surface area contributed by atoms with Crippen LogP contribution in [0, 0.1) is 0 Å². The number of hydrogen-bond acceptors (Lipinski definition) is 5. The molecule has 3 rings (SSSR count). The van der Waals surface area contributed by atoms with Crippen LogP contribution in [0.2, 0.25) is 5.02 Å². The minimum absolute atomic E-state index is 0.0546. The quantitative estimate of drug-likeness (QED) is 0.689. The summed E-state index contributed by atoms with van der Waals surface area (Å²) in [6, 6.07) is 5.29. The maximum Gasteiger partial charge on any atom is 0.157 e. The zero-order valence-electron chi connectivity index (χ0n) is 16.7. The molecule has 0 radical (unpaired) electrons. The summed E-state index contributed by atoms with van der Waals surface area (Å²) in [7, 11) is 0. The number of aldehydes is 1. The number of nitrogens with zero attached hydrogens (tertiary/aromatic N) is 2. The van der Waals surface area contributed by atoms with Gasteiger partial charge in [0.05, 0.1) is 29.5 Å². The van der Waals surface area contributed by atoms with Gasteiger partial charge in [0, 0.05) is 17.8 Å². The maximum absolute atomic E-state index is 11.3. The SMILES string of the molecule is CC.CC(C)n1nccc1C1=C(COc2ccc(Cl)c(O)c2C=O)CCOC1. The molecule has 0 atom stereocenters. The van der Waals surface area contributed by atoms with Gasteiger partial charge in [-0.2, -0.15) is 5.10 Å². The summed E-state index contributed by atoms with van der Waals surface area (Å²) in [6.07, 6.45) is 3.05. The molecule has 0 amide bonds. The van der Waals surface area contributed by atoms with E-state index in [-0.39, 0.29) is 22.4 Å². The van der Waals surface area contributed by atoms with E-state index in [1.54, 1.807) is 12.3 Å². The minimum atomic E-state index is -0.266. The van der Waals surface area contributed by atoms with Gasteiger partial charge in [0.1, 0.15) is 18.1 Å². The zero-order valence-corrected chi connectivity index (χ0v) is 17.5. The number of halogens is 1. The molecule has 1 aromatic carbocycles. The van der Waals surface area contributed by atoms with Gasteiger partial charge in [-0.3, -0.25) is 9.48 Å². The highest BCUT2D eigenvalue weighted by Crippen LogP contribution is 2.34. The number of phenolic OH excluding ortho intramolecular Hbond substituents is 1. The molecule has 0 saturated carbocycles. The van der Waals surface area contributed by atoms with Crippen molar-refractivity contribution in [2.45, 2.75) is 40.2 Å². The highest BCUT2D eigenvalue weighted by Gasteiger charge is 2.20. The highest BCUT2D eigenvalue weighted by atomic mass is 35.5. The predicted octanol–water partition coefficient (Wildman–Crippen LogP) is 4.91. The van der Waals surface area contributed by atoms with Gasteiger partial charge in [-0.1, -0.05) is 25.4 Å². The molecule has 28 heavy (non-hydrogen) atoms. The number of aromatic hydroxyl groups is 1. The third kappa shape index (κ3) is 4.75. The van der Waals surface area contributed by atoms with Crippen LogP contribution in [-0.2, 0) is 4.74 Å². The van der Waals surface area contributed by atoms with Crippen molar-refractivity contribution in [2.75, 3.05) is 19.8 Å². The first-order valence-corrected chi connectivity index (χ1v) is 9.82. The molecule has 0 saturated heterocycles. The molecule has 1 aliphatic rings. The molecule has 0 unspecified atom stereocenters. The van der Waals surface area contributed by atoms with Crippen LogP contribution in [0.3, 0.4) is 0 Å². The highest BCUT2D eigenvalue weighted by molar-refractivity contribution is 6.32. The fourth-order valence-corrected chi connectivity index (χ4v) is 3.13. The molecule has 7 heteroatoms. The van der Waals surface area contributed by atoms with Crippen molar-refractivity contribution in [3.63, 3.8) is 0 Å². The summed E-state index contributed by atoms with van der Waals surface area (Å²) in [5.41, 5.74) is 3.20. The zero-order chi connectivity index (χ0) is 20.7. The molecule has 0 spiro atoms. The number of carbonyl (C=O) groups excluding carboxylic acids is 1. The molecule has 2 aromatic rings. The smallest absolute Gasteiger partial charge is 0.157 e. The summed E-state index contributed by atoms with van der Waals surface area (Å²) in [6.45, 7) is 9.55. The maximum atomic E-state index is 11.3. The van der Waals surface area contributed by atoms with Gasteiger partial charge in [0.15, 0.2) is 6.29 Å². The van der Waals surface area contributed by atoms with Gasteiger partial charge in [-0.05, 0) is 44.0 Å². The van der Waals surface area contributed by atoms with Crippen molar-refractivity contribution in [1.29, 1.82) is 0 Å². The van der Waals surface area contributed by atoms with Crippen LogP contribution < -0.4 is 4.74 Å². The number of ether oxygens (including phenoxy) is 2. The van der Waals surface area contributed by atoms with Gasteiger partial charge in [-0.15, -0.1) is 0 Å². The Bertz CT molecular complexity index is 843. The lowest BCUT2D eigenvalue weighted by Crippen LogP contribution is -2.18. The van der Waals surface area contributed by atoms with E-state index in [9.17, 15) is 9.90 Å². The van der Waals surface area contributed by atoms with Gasteiger partial charge >= 0.3 is 0 Å². The van der Waals surface area contributed by atoms with Gasteiger partial charge in [-0.25, -0.2) is 0 Å². The Morgan fingerprint density at radius 2 is 2.11 bits per heavy atom. The van der Waals surface area contributed by atoms with Crippen LogP contribution in [0.1, 0.15) is 56.2 Å². The van der Waals surface area contributed by atoms with Crippen LogP contribution in [0.25, 0.3) is 5.57 Å². The molecular formula is C21H27ClN2O4. The van der Waals surface area contributed by atoms with E-state index in [1.165, 1.54) is 6.07 Å². The number of carbonyl (C=O) groups is 1. The first-order valence-electron chi connectivity index (χ1n) is 9.45. The number of benzene rings is 1. The fraction of sp³-hybridized carbons (Fsp3) is 0.429. The van der Waals surface area contributed by atoms with Crippen LogP contribution in [-0.4, -0.2) is 41.0 Å². The van der Waals surface area contributed by atoms with Gasteiger partial charge < -0.3 is 14.6 Å². The van der Waals surface area contributed by atoms with Crippen molar-refractivity contribution in [3.05, 3.63) is 46.2 Å². The van der Waals surface area contributed by atoms with E-state index in [2.05, 4.69) is 18.9 Å². The molecule has 0 aliphatic carbocycles. The first-order chi connectivity index (χ1) is 13.5. The molecular weight excluding hydrogens is 380 g/mol. The largest absolute Gasteiger partial charge is 0.505 e. The van der Waals surface area contributed by atoms with E-state index < -0.39 is 0 Å². The summed E-state index contributed by atoms with van der Waals surface area (Å²) < 4.78 is 13.4. The number of rotatable bonds is 6. The van der Waals surface area contributed by atoms with Gasteiger partial charge in [0.2, 0.25) is 0 Å². The first kappa shape index (κ1) is 22.0. The molecule has 2 heterocycles. The standard InChI is InChI=1S/C19H21ClN2O4.C2H6/c1-12(2)22-17(5-7-21-22)15-11-25-8-6-13(15)10-26-18-4-3-16(20)19(24)14(18)9-23;1-2/h3-5,7,9,12,24H,6,8,10-11H2,1-2H3;1-2H3. The number of aromatic nitrogens is 2. The summed E-state index contributed by atoms with van der Waals surface area (Å²) in [5.74, 6) is 0.0378. The average molecular weight is 407 g/mol. The Kier molecular flexibility index (Phi) is 8.08. The second-order valence-electron chi connectivity index (χ2n) is 6.35. The lowest BCUT2D eigenvalue weighted by atomic mass is 10.0. The van der Waals surface area contributed by atoms with Crippen molar-refractivity contribution in [3.8, 4) is 11.5 Å². The normalized spacial score (nSPS) is 13.9. The Labute approximate surface area is 170 Å². The average Bonchev–Trinajstić information content (AvgIpc) is 3.21. The number of phenols is 1. The van der Waals surface area contributed by atoms with Crippen LogP contribution in [0.5, 0.6) is 11.5 Å². The third-order valence-corrected chi connectivity index (χ3v) is 4.64. The summed E-state index contributed by atoms with van der Waals surface area (Å²) in [5, 5.41) is 14.4. The van der Waals surface area contributed by atoms with E-state index >= 15 is 0 Å². The number of hydrogen-bond donors (Lipinski definition) is 1. The lowest BCUT2D eigenvalue weighted by Gasteiger charge is -2.23. The van der Waals surface area contributed by atoms with Crippen LogP contribution >= 0.6 is 11.6 Å². The minimum Gasteiger partial charge on any atom is -0.505 e. The molecule has 1 aliphatic heterocycles. The summed E-state index contributed by atoms with van der Waals surface area (Å²) in [4.78, 5) is 11.3. The topological polar surface area (TPSA) is 73.6 Å². The Hall–Kier alpha value is -2.31. The second kappa shape index (κ2) is 10.3. The van der Waals surface area contributed by atoms with Crippen molar-refractivity contribution >= 4 is 23.5 Å². The van der Waals surface area contributed by atoms with Crippen molar-refractivity contribution in [1.82, 2.24) is 9.78 Å². The molecule has 0 bridgehead atoms. The molecule has 152 valence electrons. The Morgan fingerprint density at radius 1 is 1.36 bits per heavy atom. The van der Waals surface area contributed by atoms with E-state index in [0.29, 0.717) is 31.9 Å². The molecule has 1 N–H and O–H groups in total. The van der Waals surface area contributed by atoms with Crippen LogP contribution in [0.4, 0.5) is 0 Å². The second-order valence-corrected chi connectivity index (χ2v) is 6.76. The fourth-order valence-electron chi connectivity index (χ4n) is 2.97. The van der Waals surface area contributed by atoms with E-state index in [0.717, 1.165) is 23.3 Å². The molecule has 1 aromatic heterocycles. The van der Waals surface area contributed by atoms with E-state index in [1.807, 2.05) is 24.6 Å². The van der Waals surface area contributed by atoms with Crippen molar-refractivity contribution in [2.24, 2.45) is 0 Å². The predicted molar refractivity (Wildman–Crippen MR) is 110 cm³/mol. The lowest BCUT2D eigenvalue weighted by molar-refractivity contribution is 0.111. The summed E-state index contributed by atoms with van der Waals surface area (Å²) >= 11 is 5.85. The molecule has 6 nitrogen and oxygen atoms in total.